The third-order valence-corrected chi connectivity index (χ3v) is 4.94. The largest absolute Gasteiger partial charge is 0.494 e. The molecular formula is C13H22N2O3S. The Morgan fingerprint density at radius 3 is 2.32 bits per heavy atom. The lowest BCUT2D eigenvalue weighted by molar-refractivity contribution is 0.336. The van der Waals surface area contributed by atoms with Crippen LogP contribution in [0, 0.1) is 0 Å². The lowest BCUT2D eigenvalue weighted by Gasteiger charge is -2.19. The van der Waals surface area contributed by atoms with Crippen LogP contribution in [0.2, 0.25) is 0 Å². The summed E-state index contributed by atoms with van der Waals surface area (Å²) in [5.74, 6) is 0.642. The van der Waals surface area contributed by atoms with E-state index < -0.39 is 10.0 Å². The molecule has 0 saturated carbocycles. The highest BCUT2D eigenvalue weighted by molar-refractivity contribution is 7.89. The van der Waals surface area contributed by atoms with E-state index in [4.69, 9.17) is 10.5 Å². The molecule has 0 aliphatic carbocycles. The standard InChI is InChI=1S/C13H22N2O3S/c1-4-15(5-2)19(16,17)12-7-8-13(18-6-3)11(9-12)10-14/h7-9H,4-6,10,14H2,1-3H3. The van der Waals surface area contributed by atoms with E-state index in [1.165, 1.54) is 4.31 Å². The molecule has 0 atom stereocenters. The molecule has 108 valence electrons. The Morgan fingerprint density at radius 1 is 1.21 bits per heavy atom. The number of rotatable bonds is 7. The van der Waals surface area contributed by atoms with Gasteiger partial charge in [-0.25, -0.2) is 8.42 Å². The van der Waals surface area contributed by atoms with Gasteiger partial charge in [-0.3, -0.25) is 0 Å². The van der Waals surface area contributed by atoms with Crippen molar-refractivity contribution in [2.24, 2.45) is 5.73 Å². The Balaban J connectivity index is 3.22. The lowest BCUT2D eigenvalue weighted by atomic mass is 10.2. The normalized spacial score (nSPS) is 11.8. The fraction of sp³-hybridized carbons (Fsp3) is 0.538. The molecule has 6 heteroatoms. The minimum absolute atomic E-state index is 0.247. The first kappa shape index (κ1) is 15.9. The average Bonchev–Trinajstić information content (AvgIpc) is 2.40. The highest BCUT2D eigenvalue weighted by Crippen LogP contribution is 2.24. The zero-order valence-electron chi connectivity index (χ0n) is 11.7. The van der Waals surface area contributed by atoms with Crippen LogP contribution in [0.5, 0.6) is 5.75 Å². The molecular weight excluding hydrogens is 264 g/mol. The second kappa shape index (κ2) is 6.88. The van der Waals surface area contributed by atoms with Crippen LogP contribution < -0.4 is 10.5 Å². The summed E-state index contributed by atoms with van der Waals surface area (Å²) in [6.07, 6.45) is 0. The van der Waals surface area contributed by atoms with Crippen molar-refractivity contribution in [1.29, 1.82) is 0 Å². The molecule has 0 aliphatic heterocycles. The second-order valence-corrected chi connectivity index (χ2v) is 5.93. The summed E-state index contributed by atoms with van der Waals surface area (Å²) in [4.78, 5) is 0.264. The number of nitrogens with zero attached hydrogens (tertiary/aromatic N) is 1. The topological polar surface area (TPSA) is 72.6 Å². The van der Waals surface area contributed by atoms with Crippen molar-refractivity contribution in [2.75, 3.05) is 19.7 Å². The van der Waals surface area contributed by atoms with Crippen LogP contribution in [0.25, 0.3) is 0 Å². The molecule has 1 aromatic carbocycles. The summed E-state index contributed by atoms with van der Waals surface area (Å²) in [5.41, 5.74) is 6.35. The summed E-state index contributed by atoms with van der Waals surface area (Å²) in [7, 11) is -3.44. The molecule has 0 radical (unpaired) electrons. The van der Waals surface area contributed by atoms with Gasteiger partial charge in [-0.05, 0) is 25.1 Å². The maximum Gasteiger partial charge on any atom is 0.243 e. The maximum atomic E-state index is 12.4. The molecule has 0 bridgehead atoms. The van der Waals surface area contributed by atoms with Gasteiger partial charge in [0.15, 0.2) is 0 Å². The summed E-state index contributed by atoms with van der Waals surface area (Å²) >= 11 is 0. The maximum absolute atomic E-state index is 12.4. The SMILES string of the molecule is CCOc1ccc(S(=O)(=O)N(CC)CC)cc1CN. The predicted octanol–water partition coefficient (Wildman–Crippen LogP) is 1.57. The lowest BCUT2D eigenvalue weighted by Crippen LogP contribution is -2.30. The molecule has 19 heavy (non-hydrogen) atoms. The summed E-state index contributed by atoms with van der Waals surface area (Å²) < 4.78 is 31.6. The summed E-state index contributed by atoms with van der Waals surface area (Å²) in [6, 6.07) is 4.83. The molecule has 1 aromatic rings. The van der Waals surface area contributed by atoms with Gasteiger partial charge in [0.25, 0.3) is 0 Å². The molecule has 0 heterocycles. The van der Waals surface area contributed by atoms with Gasteiger partial charge in [0, 0.05) is 25.2 Å². The highest BCUT2D eigenvalue weighted by atomic mass is 32.2. The van der Waals surface area contributed by atoms with Crippen LogP contribution >= 0.6 is 0 Å². The molecule has 5 nitrogen and oxygen atoms in total. The Kier molecular flexibility index (Phi) is 5.78. The van der Waals surface area contributed by atoms with Crippen LogP contribution in [-0.4, -0.2) is 32.4 Å². The molecule has 0 unspecified atom stereocenters. The minimum Gasteiger partial charge on any atom is -0.494 e. The number of benzene rings is 1. The van der Waals surface area contributed by atoms with Crippen molar-refractivity contribution < 1.29 is 13.2 Å². The molecule has 0 amide bonds. The van der Waals surface area contributed by atoms with Gasteiger partial charge in [-0.15, -0.1) is 0 Å². The monoisotopic (exact) mass is 286 g/mol. The van der Waals surface area contributed by atoms with E-state index in [9.17, 15) is 8.42 Å². The van der Waals surface area contributed by atoms with E-state index in [0.717, 1.165) is 0 Å². The number of hydrogen-bond acceptors (Lipinski definition) is 4. The molecule has 0 aliphatic rings. The van der Waals surface area contributed by atoms with E-state index in [1.54, 1.807) is 18.2 Å². The van der Waals surface area contributed by atoms with Crippen LogP contribution in [0.4, 0.5) is 0 Å². The first-order valence-electron chi connectivity index (χ1n) is 6.47. The first-order valence-corrected chi connectivity index (χ1v) is 7.91. The van der Waals surface area contributed by atoms with E-state index in [1.807, 2.05) is 20.8 Å². The minimum atomic E-state index is -3.44. The third-order valence-electron chi connectivity index (χ3n) is 2.89. The quantitative estimate of drug-likeness (QED) is 0.826. The van der Waals surface area contributed by atoms with Gasteiger partial charge >= 0.3 is 0 Å². The van der Waals surface area contributed by atoms with Crippen molar-refractivity contribution >= 4 is 10.0 Å². The summed E-state index contributed by atoms with van der Waals surface area (Å²) in [6.45, 7) is 7.18. The number of sulfonamides is 1. The fourth-order valence-corrected chi connectivity index (χ4v) is 3.39. The van der Waals surface area contributed by atoms with Gasteiger partial charge in [-0.1, -0.05) is 13.8 Å². The highest BCUT2D eigenvalue weighted by Gasteiger charge is 2.22. The Morgan fingerprint density at radius 2 is 1.84 bits per heavy atom. The van der Waals surface area contributed by atoms with Gasteiger partial charge in [0.05, 0.1) is 11.5 Å². The number of ether oxygens (including phenoxy) is 1. The molecule has 0 saturated heterocycles. The van der Waals surface area contributed by atoms with Crippen LogP contribution in [-0.2, 0) is 16.6 Å². The van der Waals surface area contributed by atoms with Gasteiger partial charge in [0.1, 0.15) is 5.75 Å². The smallest absolute Gasteiger partial charge is 0.243 e. The third kappa shape index (κ3) is 3.46. The Labute approximate surface area is 115 Å². The number of hydrogen-bond donors (Lipinski definition) is 1. The van der Waals surface area contributed by atoms with Crippen molar-refractivity contribution in [3.8, 4) is 5.75 Å². The molecule has 0 aromatic heterocycles. The predicted molar refractivity (Wildman–Crippen MR) is 75.6 cm³/mol. The van der Waals surface area contributed by atoms with Gasteiger partial charge in [-0.2, -0.15) is 4.31 Å². The zero-order valence-corrected chi connectivity index (χ0v) is 12.5. The molecule has 1 rings (SSSR count). The Bertz CT molecular complexity index is 511. The van der Waals surface area contributed by atoms with Gasteiger partial charge in [0.2, 0.25) is 10.0 Å². The van der Waals surface area contributed by atoms with Crippen molar-refractivity contribution in [2.45, 2.75) is 32.2 Å². The first-order chi connectivity index (χ1) is 9.01. The van der Waals surface area contributed by atoms with Crippen LogP contribution in [0.3, 0.4) is 0 Å². The number of nitrogens with two attached hydrogens (primary N) is 1. The average molecular weight is 286 g/mol. The fourth-order valence-electron chi connectivity index (χ4n) is 1.88. The van der Waals surface area contributed by atoms with Crippen molar-refractivity contribution in [3.63, 3.8) is 0 Å². The van der Waals surface area contributed by atoms with E-state index in [2.05, 4.69) is 0 Å². The zero-order chi connectivity index (χ0) is 14.5. The second-order valence-electron chi connectivity index (χ2n) is 4.00. The van der Waals surface area contributed by atoms with Crippen LogP contribution in [0.15, 0.2) is 23.1 Å². The van der Waals surface area contributed by atoms with Gasteiger partial charge < -0.3 is 10.5 Å². The van der Waals surface area contributed by atoms with E-state index in [0.29, 0.717) is 31.0 Å². The molecule has 0 fully saturated rings. The molecule has 0 spiro atoms. The van der Waals surface area contributed by atoms with Crippen molar-refractivity contribution in [3.05, 3.63) is 23.8 Å². The van der Waals surface area contributed by atoms with E-state index >= 15 is 0 Å². The molecule has 2 N–H and O–H groups in total. The Hall–Kier alpha value is -1.11. The van der Waals surface area contributed by atoms with E-state index in [-0.39, 0.29) is 11.4 Å². The van der Waals surface area contributed by atoms with Crippen molar-refractivity contribution in [1.82, 2.24) is 4.31 Å². The summed E-state index contributed by atoms with van der Waals surface area (Å²) in [5, 5.41) is 0. The van der Waals surface area contributed by atoms with Crippen LogP contribution in [0.1, 0.15) is 26.3 Å².